The Kier molecular flexibility index (Phi) is 4.10. The van der Waals surface area contributed by atoms with E-state index in [1.807, 2.05) is 25.1 Å². The monoisotopic (exact) mass is 315 g/mol. The molecule has 3 nitrogen and oxygen atoms in total. The normalized spacial score (nSPS) is 10.9. The summed E-state index contributed by atoms with van der Waals surface area (Å²) < 4.78 is 31.5. The van der Waals surface area contributed by atoms with E-state index in [9.17, 15) is 13.6 Å². The van der Waals surface area contributed by atoms with Crippen LogP contribution in [0, 0.1) is 11.6 Å². The molecule has 1 N–H and O–H groups in total. The number of hydrogen-bond acceptors (Lipinski definition) is 2. The zero-order valence-corrected chi connectivity index (χ0v) is 12.5. The molecule has 2 aromatic carbocycles. The van der Waals surface area contributed by atoms with Crippen LogP contribution < -0.4 is 4.74 Å². The first-order chi connectivity index (χ1) is 11.1. The number of H-pyrrole nitrogens is 1. The summed E-state index contributed by atoms with van der Waals surface area (Å²) in [5.74, 6) is -1.93. The number of carbonyl (C=O) groups excluding carboxylic acids is 1. The largest absolute Gasteiger partial charge is 0.482 e. The van der Waals surface area contributed by atoms with Crippen molar-refractivity contribution < 1.29 is 18.3 Å². The van der Waals surface area contributed by atoms with Crippen LogP contribution in [0.2, 0.25) is 0 Å². The average Bonchev–Trinajstić information content (AvgIpc) is 2.97. The Labute approximate surface area is 131 Å². The van der Waals surface area contributed by atoms with Crippen LogP contribution in [0.3, 0.4) is 0 Å². The number of hydrogen-bond donors (Lipinski definition) is 1. The SMILES string of the molecule is CCc1cccc2c(C(=O)COc3ccc(F)cc3F)c[nH]c12. The van der Waals surface area contributed by atoms with E-state index < -0.39 is 11.6 Å². The minimum atomic E-state index is -0.829. The maximum Gasteiger partial charge on any atom is 0.202 e. The van der Waals surface area contributed by atoms with Gasteiger partial charge in [0.15, 0.2) is 18.2 Å². The molecule has 0 amide bonds. The molecule has 0 atom stereocenters. The molecule has 3 aromatic rings. The number of Topliss-reactive ketones (excluding diaryl/α,β-unsaturated/α-hetero) is 1. The van der Waals surface area contributed by atoms with Crippen molar-refractivity contribution in [2.24, 2.45) is 0 Å². The third kappa shape index (κ3) is 2.95. The topological polar surface area (TPSA) is 42.1 Å². The second-order valence-corrected chi connectivity index (χ2v) is 5.18. The van der Waals surface area contributed by atoms with Crippen LogP contribution >= 0.6 is 0 Å². The van der Waals surface area contributed by atoms with Crippen LogP contribution in [0.1, 0.15) is 22.8 Å². The molecular formula is C18H15F2NO2. The summed E-state index contributed by atoms with van der Waals surface area (Å²) in [5, 5.41) is 0.817. The van der Waals surface area contributed by atoms with Gasteiger partial charge in [0.1, 0.15) is 5.82 Å². The molecule has 0 unspecified atom stereocenters. The number of benzene rings is 2. The summed E-state index contributed by atoms with van der Waals surface area (Å²) in [6.45, 7) is 1.73. The molecule has 0 saturated carbocycles. The zero-order chi connectivity index (χ0) is 16.4. The fraction of sp³-hybridized carbons (Fsp3) is 0.167. The quantitative estimate of drug-likeness (QED) is 0.714. The minimum absolute atomic E-state index is 0.145. The highest BCUT2D eigenvalue weighted by molar-refractivity contribution is 6.09. The van der Waals surface area contributed by atoms with Crippen LogP contribution in [0.15, 0.2) is 42.6 Å². The third-order valence-corrected chi connectivity index (χ3v) is 3.74. The molecule has 5 heteroatoms. The summed E-state index contributed by atoms with van der Waals surface area (Å²) in [6.07, 6.45) is 2.49. The number of aromatic amines is 1. The molecule has 0 fully saturated rings. The highest BCUT2D eigenvalue weighted by Gasteiger charge is 2.15. The average molecular weight is 315 g/mol. The van der Waals surface area contributed by atoms with Crippen molar-refractivity contribution in [2.45, 2.75) is 13.3 Å². The lowest BCUT2D eigenvalue weighted by Crippen LogP contribution is -2.12. The maximum absolute atomic E-state index is 13.5. The number of fused-ring (bicyclic) bond motifs is 1. The Hall–Kier alpha value is -2.69. The Morgan fingerprint density at radius 3 is 2.78 bits per heavy atom. The number of rotatable bonds is 5. The molecule has 0 bridgehead atoms. The molecule has 1 aromatic heterocycles. The van der Waals surface area contributed by atoms with Gasteiger partial charge in [0.2, 0.25) is 5.78 Å². The van der Waals surface area contributed by atoms with E-state index in [0.29, 0.717) is 5.56 Å². The summed E-state index contributed by atoms with van der Waals surface area (Å²) in [7, 11) is 0. The molecule has 3 rings (SSSR count). The highest BCUT2D eigenvalue weighted by Crippen LogP contribution is 2.23. The lowest BCUT2D eigenvalue weighted by atomic mass is 10.1. The second kappa shape index (κ2) is 6.20. The number of aromatic nitrogens is 1. The summed E-state index contributed by atoms with van der Waals surface area (Å²) in [5.41, 5.74) is 2.54. The van der Waals surface area contributed by atoms with E-state index in [4.69, 9.17) is 4.74 Å². The van der Waals surface area contributed by atoms with E-state index in [-0.39, 0.29) is 18.1 Å². The number of para-hydroxylation sites is 1. The second-order valence-electron chi connectivity index (χ2n) is 5.18. The third-order valence-electron chi connectivity index (χ3n) is 3.74. The van der Waals surface area contributed by atoms with Crippen LogP contribution in [0.4, 0.5) is 8.78 Å². The molecule has 0 aliphatic heterocycles. The van der Waals surface area contributed by atoms with E-state index in [0.717, 1.165) is 35.0 Å². The van der Waals surface area contributed by atoms with Gasteiger partial charge in [-0.3, -0.25) is 4.79 Å². The Bertz CT molecular complexity index is 871. The van der Waals surface area contributed by atoms with Crippen molar-refractivity contribution in [3.05, 3.63) is 65.4 Å². The number of ketones is 1. The zero-order valence-electron chi connectivity index (χ0n) is 12.5. The van der Waals surface area contributed by atoms with Gasteiger partial charge in [-0.15, -0.1) is 0 Å². The summed E-state index contributed by atoms with van der Waals surface area (Å²) >= 11 is 0. The first-order valence-electron chi connectivity index (χ1n) is 7.30. The van der Waals surface area contributed by atoms with E-state index >= 15 is 0 Å². The molecule has 23 heavy (non-hydrogen) atoms. The fourth-order valence-electron chi connectivity index (χ4n) is 2.56. The Morgan fingerprint density at radius 2 is 2.04 bits per heavy atom. The number of halogens is 2. The molecule has 0 spiro atoms. The molecular weight excluding hydrogens is 300 g/mol. The Morgan fingerprint density at radius 1 is 1.22 bits per heavy atom. The van der Waals surface area contributed by atoms with Gasteiger partial charge in [0, 0.05) is 28.7 Å². The lowest BCUT2D eigenvalue weighted by molar-refractivity contribution is 0.0920. The Balaban J connectivity index is 1.81. The predicted molar refractivity (Wildman–Crippen MR) is 83.9 cm³/mol. The van der Waals surface area contributed by atoms with Gasteiger partial charge in [-0.05, 0) is 24.1 Å². The van der Waals surface area contributed by atoms with E-state index in [1.54, 1.807) is 6.20 Å². The number of aryl methyl sites for hydroxylation is 1. The van der Waals surface area contributed by atoms with Crippen LogP contribution in [0.5, 0.6) is 5.75 Å². The van der Waals surface area contributed by atoms with Crippen molar-refractivity contribution in [1.29, 1.82) is 0 Å². The standard InChI is InChI=1S/C18H15F2NO2/c1-2-11-4-3-5-13-14(9-21-18(11)13)16(22)10-23-17-7-6-12(19)8-15(17)20/h3-9,21H,2,10H2,1H3. The first-order valence-corrected chi connectivity index (χ1v) is 7.30. The molecule has 0 radical (unpaired) electrons. The lowest BCUT2D eigenvalue weighted by Gasteiger charge is -2.06. The van der Waals surface area contributed by atoms with Gasteiger partial charge in [0.05, 0.1) is 0 Å². The van der Waals surface area contributed by atoms with Crippen molar-refractivity contribution in [1.82, 2.24) is 4.98 Å². The molecule has 0 aliphatic carbocycles. The molecule has 118 valence electrons. The summed E-state index contributed by atoms with van der Waals surface area (Å²) in [4.78, 5) is 15.4. The smallest absolute Gasteiger partial charge is 0.202 e. The summed E-state index contributed by atoms with van der Waals surface area (Å²) in [6, 6.07) is 8.73. The first kappa shape index (κ1) is 15.2. The van der Waals surface area contributed by atoms with Gasteiger partial charge in [-0.1, -0.05) is 25.1 Å². The number of carbonyl (C=O) groups is 1. The van der Waals surface area contributed by atoms with Crippen molar-refractivity contribution in [2.75, 3.05) is 6.61 Å². The van der Waals surface area contributed by atoms with E-state index in [2.05, 4.69) is 4.98 Å². The van der Waals surface area contributed by atoms with Crippen molar-refractivity contribution in [3.63, 3.8) is 0 Å². The number of nitrogens with one attached hydrogen (secondary N) is 1. The molecule has 0 aliphatic rings. The van der Waals surface area contributed by atoms with Gasteiger partial charge in [-0.25, -0.2) is 8.78 Å². The van der Waals surface area contributed by atoms with Crippen LogP contribution in [-0.2, 0) is 6.42 Å². The van der Waals surface area contributed by atoms with Gasteiger partial charge in [0.25, 0.3) is 0 Å². The maximum atomic E-state index is 13.5. The van der Waals surface area contributed by atoms with Crippen molar-refractivity contribution >= 4 is 16.7 Å². The van der Waals surface area contributed by atoms with Gasteiger partial charge in [-0.2, -0.15) is 0 Å². The molecule has 1 heterocycles. The molecule has 0 saturated heterocycles. The van der Waals surface area contributed by atoms with E-state index in [1.165, 1.54) is 6.07 Å². The number of ether oxygens (including phenoxy) is 1. The van der Waals surface area contributed by atoms with Gasteiger partial charge >= 0.3 is 0 Å². The van der Waals surface area contributed by atoms with Crippen LogP contribution in [0.25, 0.3) is 10.9 Å². The fourth-order valence-corrected chi connectivity index (χ4v) is 2.56. The van der Waals surface area contributed by atoms with Crippen molar-refractivity contribution in [3.8, 4) is 5.75 Å². The van der Waals surface area contributed by atoms with Gasteiger partial charge < -0.3 is 9.72 Å². The minimum Gasteiger partial charge on any atom is -0.482 e. The highest BCUT2D eigenvalue weighted by atomic mass is 19.1. The van der Waals surface area contributed by atoms with Crippen LogP contribution in [-0.4, -0.2) is 17.4 Å². The predicted octanol–water partition coefficient (Wildman–Crippen LogP) is 4.27.